The molecule has 0 unspecified atom stereocenters. The molecule has 1 aliphatic heterocycles. The van der Waals surface area contributed by atoms with Gasteiger partial charge >= 0.3 is 11.9 Å². The van der Waals surface area contributed by atoms with Crippen molar-refractivity contribution in [3.05, 3.63) is 29.8 Å². The van der Waals surface area contributed by atoms with Crippen molar-refractivity contribution in [2.24, 2.45) is 5.92 Å². The molecule has 0 radical (unpaired) electrons. The first-order valence-corrected chi connectivity index (χ1v) is 9.26. The SMILES string of the molecule is CCOC(=O)Cc1cccc(S(=O)(=O)N2CCC(C(=O)O)CC2)c1. The van der Waals surface area contributed by atoms with E-state index >= 15 is 0 Å². The number of aliphatic carboxylic acids is 1. The normalized spacial score (nSPS) is 16.7. The van der Waals surface area contributed by atoms with Crippen molar-refractivity contribution in [3.8, 4) is 0 Å². The summed E-state index contributed by atoms with van der Waals surface area (Å²) in [7, 11) is -3.69. The van der Waals surface area contributed by atoms with Gasteiger partial charge in [0.2, 0.25) is 10.0 Å². The van der Waals surface area contributed by atoms with Gasteiger partial charge in [0, 0.05) is 13.1 Å². The van der Waals surface area contributed by atoms with E-state index in [9.17, 15) is 18.0 Å². The Labute approximate surface area is 141 Å². The number of carboxylic acids is 1. The molecule has 1 aromatic rings. The van der Waals surface area contributed by atoms with Crippen molar-refractivity contribution < 1.29 is 27.9 Å². The molecule has 24 heavy (non-hydrogen) atoms. The molecule has 132 valence electrons. The lowest BCUT2D eigenvalue weighted by Gasteiger charge is -2.29. The van der Waals surface area contributed by atoms with Gasteiger partial charge in [-0.1, -0.05) is 12.1 Å². The Morgan fingerprint density at radius 3 is 2.54 bits per heavy atom. The van der Waals surface area contributed by atoms with Crippen LogP contribution in [0.2, 0.25) is 0 Å². The van der Waals surface area contributed by atoms with Crippen LogP contribution in [-0.2, 0) is 30.8 Å². The van der Waals surface area contributed by atoms with Gasteiger partial charge in [0.1, 0.15) is 0 Å². The molecule has 1 fully saturated rings. The highest BCUT2D eigenvalue weighted by atomic mass is 32.2. The molecule has 1 aromatic carbocycles. The maximum absolute atomic E-state index is 12.7. The molecule has 0 spiro atoms. The summed E-state index contributed by atoms with van der Waals surface area (Å²) >= 11 is 0. The van der Waals surface area contributed by atoms with Gasteiger partial charge in [-0.3, -0.25) is 9.59 Å². The molecular formula is C16H21NO6S. The number of benzene rings is 1. The van der Waals surface area contributed by atoms with Gasteiger partial charge in [0.15, 0.2) is 0 Å². The lowest BCUT2D eigenvalue weighted by Crippen LogP contribution is -2.40. The number of rotatable bonds is 6. The molecule has 0 amide bonds. The number of esters is 1. The van der Waals surface area contributed by atoms with Crippen molar-refractivity contribution >= 4 is 22.0 Å². The zero-order valence-electron chi connectivity index (χ0n) is 13.5. The fourth-order valence-electron chi connectivity index (χ4n) is 2.69. The number of carbonyl (C=O) groups is 2. The molecule has 8 heteroatoms. The van der Waals surface area contributed by atoms with E-state index in [1.54, 1.807) is 19.1 Å². The third-order valence-corrected chi connectivity index (χ3v) is 5.89. The number of carboxylic acid groups (broad SMARTS) is 1. The standard InChI is InChI=1S/C16H21NO6S/c1-2-23-15(18)11-12-4-3-5-14(10-12)24(21,22)17-8-6-13(7-9-17)16(19)20/h3-5,10,13H,2,6-9,11H2,1H3,(H,19,20). The first-order chi connectivity index (χ1) is 11.3. The van der Waals surface area contributed by atoms with E-state index in [1.807, 2.05) is 0 Å². The highest BCUT2D eigenvalue weighted by molar-refractivity contribution is 7.89. The molecular weight excluding hydrogens is 334 g/mol. The number of ether oxygens (including phenoxy) is 1. The van der Waals surface area contributed by atoms with Crippen molar-refractivity contribution in [2.75, 3.05) is 19.7 Å². The highest BCUT2D eigenvalue weighted by Crippen LogP contribution is 2.24. The zero-order valence-corrected chi connectivity index (χ0v) is 14.3. The average molecular weight is 355 g/mol. The predicted molar refractivity (Wildman–Crippen MR) is 85.9 cm³/mol. The Hall–Kier alpha value is -1.93. The number of hydrogen-bond acceptors (Lipinski definition) is 5. The van der Waals surface area contributed by atoms with Gasteiger partial charge in [-0.2, -0.15) is 4.31 Å². The monoisotopic (exact) mass is 355 g/mol. The number of nitrogens with zero attached hydrogens (tertiary/aromatic N) is 1. The molecule has 7 nitrogen and oxygen atoms in total. The van der Waals surface area contributed by atoms with Crippen molar-refractivity contribution in [2.45, 2.75) is 31.1 Å². The van der Waals surface area contributed by atoms with Crippen molar-refractivity contribution in [3.63, 3.8) is 0 Å². The van der Waals surface area contributed by atoms with Crippen LogP contribution in [0.1, 0.15) is 25.3 Å². The van der Waals surface area contributed by atoms with Crippen molar-refractivity contribution in [1.82, 2.24) is 4.31 Å². The second-order valence-corrected chi connectivity index (χ2v) is 7.58. The first kappa shape index (κ1) is 18.4. The van der Waals surface area contributed by atoms with E-state index in [4.69, 9.17) is 9.84 Å². The number of carbonyl (C=O) groups excluding carboxylic acids is 1. The van der Waals surface area contributed by atoms with Gasteiger partial charge in [0.05, 0.1) is 23.8 Å². The van der Waals surface area contributed by atoms with E-state index < -0.39 is 27.9 Å². The number of piperidine rings is 1. The van der Waals surface area contributed by atoms with Crippen LogP contribution in [0.3, 0.4) is 0 Å². The minimum absolute atomic E-state index is 0.0122. The van der Waals surface area contributed by atoms with E-state index in [0.29, 0.717) is 18.4 Å². The Balaban J connectivity index is 2.12. The quantitative estimate of drug-likeness (QED) is 0.772. The fraction of sp³-hybridized carbons (Fsp3) is 0.500. The Morgan fingerprint density at radius 2 is 1.96 bits per heavy atom. The van der Waals surface area contributed by atoms with Gasteiger partial charge in [0.25, 0.3) is 0 Å². The summed E-state index contributed by atoms with van der Waals surface area (Å²) in [5.41, 5.74) is 0.565. The highest BCUT2D eigenvalue weighted by Gasteiger charge is 2.32. The van der Waals surface area contributed by atoms with Gasteiger partial charge in [-0.15, -0.1) is 0 Å². The van der Waals surface area contributed by atoms with Gasteiger partial charge in [-0.05, 0) is 37.5 Å². The lowest BCUT2D eigenvalue weighted by atomic mass is 9.99. The van der Waals surface area contributed by atoms with Crippen LogP contribution < -0.4 is 0 Å². The second-order valence-electron chi connectivity index (χ2n) is 5.65. The minimum Gasteiger partial charge on any atom is -0.481 e. The maximum Gasteiger partial charge on any atom is 0.310 e. The summed E-state index contributed by atoms with van der Waals surface area (Å²) in [5.74, 6) is -1.79. The summed E-state index contributed by atoms with van der Waals surface area (Å²) in [6, 6.07) is 6.21. The maximum atomic E-state index is 12.7. The van der Waals surface area contributed by atoms with Crippen LogP contribution >= 0.6 is 0 Å². The van der Waals surface area contributed by atoms with E-state index in [1.165, 1.54) is 16.4 Å². The summed E-state index contributed by atoms with van der Waals surface area (Å²) in [4.78, 5) is 22.6. The summed E-state index contributed by atoms with van der Waals surface area (Å²) in [6.07, 6.45) is 0.618. The molecule has 2 rings (SSSR count). The number of sulfonamides is 1. The average Bonchev–Trinajstić information content (AvgIpc) is 2.55. The Morgan fingerprint density at radius 1 is 1.29 bits per heavy atom. The zero-order chi connectivity index (χ0) is 17.7. The minimum atomic E-state index is -3.69. The van der Waals surface area contributed by atoms with Crippen LogP contribution in [0.15, 0.2) is 29.2 Å². The molecule has 0 atom stereocenters. The topological polar surface area (TPSA) is 101 Å². The van der Waals surface area contributed by atoms with E-state index in [2.05, 4.69) is 0 Å². The molecule has 0 aliphatic carbocycles. The molecule has 1 N–H and O–H groups in total. The smallest absolute Gasteiger partial charge is 0.310 e. The molecule has 0 bridgehead atoms. The van der Waals surface area contributed by atoms with E-state index in [0.717, 1.165) is 0 Å². The summed E-state index contributed by atoms with van der Waals surface area (Å²) in [5, 5.41) is 9.00. The van der Waals surface area contributed by atoms with Crippen LogP contribution in [0.4, 0.5) is 0 Å². The largest absolute Gasteiger partial charge is 0.481 e. The Bertz CT molecular complexity index is 707. The third kappa shape index (κ3) is 4.33. The van der Waals surface area contributed by atoms with Crippen LogP contribution in [0, 0.1) is 5.92 Å². The molecule has 1 heterocycles. The molecule has 0 aromatic heterocycles. The molecule has 0 saturated carbocycles. The Kier molecular flexibility index (Phi) is 5.95. The third-order valence-electron chi connectivity index (χ3n) is 3.99. The van der Waals surface area contributed by atoms with Crippen molar-refractivity contribution in [1.29, 1.82) is 0 Å². The lowest BCUT2D eigenvalue weighted by molar-refractivity contribution is -0.143. The summed E-state index contributed by atoms with van der Waals surface area (Å²) in [6.45, 7) is 2.34. The van der Waals surface area contributed by atoms with E-state index in [-0.39, 0.29) is 31.0 Å². The molecule has 1 saturated heterocycles. The van der Waals surface area contributed by atoms with Gasteiger partial charge in [-0.25, -0.2) is 8.42 Å². The second kappa shape index (κ2) is 7.76. The summed E-state index contributed by atoms with van der Waals surface area (Å²) < 4.78 is 31.5. The predicted octanol–water partition coefficient (Wildman–Crippen LogP) is 1.28. The van der Waals surface area contributed by atoms with Gasteiger partial charge < -0.3 is 9.84 Å². The fourth-order valence-corrected chi connectivity index (χ4v) is 4.23. The number of hydrogen-bond donors (Lipinski definition) is 1. The first-order valence-electron chi connectivity index (χ1n) is 7.82. The van der Waals surface area contributed by atoms with Crippen LogP contribution in [-0.4, -0.2) is 49.5 Å². The van der Waals surface area contributed by atoms with Crippen LogP contribution in [0.25, 0.3) is 0 Å². The molecule has 1 aliphatic rings. The van der Waals surface area contributed by atoms with Crippen LogP contribution in [0.5, 0.6) is 0 Å².